The molecule has 148 valence electrons. The SMILES string of the molecule is CC(=O)Nc1cccc2c1ccc1sc(NS(=O)(=O)c3cccc(Cl)c3C)nc12. The van der Waals surface area contributed by atoms with E-state index >= 15 is 0 Å². The van der Waals surface area contributed by atoms with Crippen LogP contribution in [-0.2, 0) is 14.8 Å². The molecule has 0 radical (unpaired) electrons. The van der Waals surface area contributed by atoms with E-state index in [1.807, 2.05) is 30.3 Å². The highest BCUT2D eigenvalue weighted by atomic mass is 35.5. The molecule has 2 N–H and O–H groups in total. The second kappa shape index (κ2) is 7.29. The highest BCUT2D eigenvalue weighted by Gasteiger charge is 2.20. The fourth-order valence-corrected chi connectivity index (χ4v) is 5.76. The van der Waals surface area contributed by atoms with Crippen molar-refractivity contribution in [3.05, 3.63) is 59.1 Å². The summed E-state index contributed by atoms with van der Waals surface area (Å²) >= 11 is 7.31. The number of thiazole rings is 1. The van der Waals surface area contributed by atoms with Gasteiger partial charge in [0.15, 0.2) is 5.13 Å². The average molecular weight is 446 g/mol. The number of anilines is 2. The molecule has 6 nitrogen and oxygen atoms in total. The molecule has 9 heteroatoms. The minimum atomic E-state index is -3.84. The van der Waals surface area contributed by atoms with Crippen molar-refractivity contribution in [2.75, 3.05) is 10.0 Å². The van der Waals surface area contributed by atoms with E-state index in [2.05, 4.69) is 15.0 Å². The van der Waals surface area contributed by atoms with Crippen molar-refractivity contribution in [3.8, 4) is 0 Å². The number of fused-ring (bicyclic) bond motifs is 3. The van der Waals surface area contributed by atoms with Crippen molar-refractivity contribution in [3.63, 3.8) is 0 Å². The van der Waals surface area contributed by atoms with Crippen LogP contribution in [0.3, 0.4) is 0 Å². The highest BCUT2D eigenvalue weighted by molar-refractivity contribution is 7.93. The Morgan fingerprint density at radius 1 is 1.07 bits per heavy atom. The van der Waals surface area contributed by atoms with Crippen molar-refractivity contribution >= 4 is 70.7 Å². The molecule has 3 aromatic carbocycles. The number of nitrogens with zero attached hydrogens (tertiary/aromatic N) is 1. The molecule has 0 bridgehead atoms. The van der Waals surface area contributed by atoms with Crippen molar-refractivity contribution in [2.24, 2.45) is 0 Å². The van der Waals surface area contributed by atoms with E-state index in [1.165, 1.54) is 24.3 Å². The molecule has 0 aliphatic heterocycles. The van der Waals surface area contributed by atoms with E-state index in [0.717, 1.165) is 15.5 Å². The highest BCUT2D eigenvalue weighted by Crippen LogP contribution is 2.35. The van der Waals surface area contributed by atoms with Gasteiger partial charge in [-0.1, -0.05) is 47.2 Å². The van der Waals surface area contributed by atoms with Gasteiger partial charge < -0.3 is 5.32 Å². The summed E-state index contributed by atoms with van der Waals surface area (Å²) in [5.74, 6) is -0.166. The van der Waals surface area contributed by atoms with Crippen LogP contribution >= 0.6 is 22.9 Å². The number of hydrogen-bond donors (Lipinski definition) is 2. The summed E-state index contributed by atoms with van der Waals surface area (Å²) in [5, 5.41) is 5.11. The fraction of sp³-hybridized carbons (Fsp3) is 0.100. The third-order valence-electron chi connectivity index (χ3n) is 4.46. The number of carbonyl (C=O) groups is 1. The van der Waals surface area contributed by atoms with E-state index in [9.17, 15) is 13.2 Å². The molecule has 0 saturated heterocycles. The van der Waals surface area contributed by atoms with E-state index < -0.39 is 10.0 Å². The molecule has 0 atom stereocenters. The molecule has 1 amide bonds. The van der Waals surface area contributed by atoms with E-state index in [0.29, 0.717) is 21.8 Å². The quantitative estimate of drug-likeness (QED) is 0.453. The monoisotopic (exact) mass is 445 g/mol. The number of sulfonamides is 1. The van der Waals surface area contributed by atoms with Gasteiger partial charge in [0.25, 0.3) is 10.0 Å². The molecule has 1 heterocycles. The van der Waals surface area contributed by atoms with Gasteiger partial charge in [0.2, 0.25) is 5.91 Å². The number of rotatable bonds is 4. The van der Waals surface area contributed by atoms with Crippen molar-refractivity contribution < 1.29 is 13.2 Å². The Hall–Kier alpha value is -2.68. The van der Waals surface area contributed by atoms with Gasteiger partial charge in [0.1, 0.15) is 0 Å². The lowest BCUT2D eigenvalue weighted by Gasteiger charge is -2.09. The zero-order valence-electron chi connectivity index (χ0n) is 15.5. The van der Waals surface area contributed by atoms with Gasteiger partial charge in [-0.2, -0.15) is 0 Å². The summed E-state index contributed by atoms with van der Waals surface area (Å²) < 4.78 is 29.1. The maximum absolute atomic E-state index is 12.8. The van der Waals surface area contributed by atoms with E-state index in [-0.39, 0.29) is 15.9 Å². The fourth-order valence-electron chi connectivity index (χ4n) is 3.14. The average Bonchev–Trinajstić information content (AvgIpc) is 3.05. The van der Waals surface area contributed by atoms with Crippen LogP contribution in [0.2, 0.25) is 5.02 Å². The summed E-state index contributed by atoms with van der Waals surface area (Å²) in [4.78, 5) is 16.1. The second-order valence-corrected chi connectivity index (χ2v) is 9.57. The number of benzene rings is 3. The predicted molar refractivity (Wildman–Crippen MR) is 118 cm³/mol. The standard InChI is InChI=1S/C20H16ClN3O3S2/c1-11-15(21)6-4-8-18(11)29(26,27)24-20-23-19-14-5-3-7-16(22-12(2)25)13(14)9-10-17(19)28-20/h3-10H,1-2H3,(H,22,25)(H,23,24). The lowest BCUT2D eigenvalue weighted by atomic mass is 10.1. The van der Waals surface area contributed by atoms with E-state index in [1.54, 1.807) is 19.1 Å². The Bertz CT molecular complexity index is 1380. The Kier molecular flexibility index (Phi) is 4.94. The topological polar surface area (TPSA) is 88.2 Å². The first kappa shape index (κ1) is 19.6. The summed E-state index contributed by atoms with van der Waals surface area (Å²) in [6, 6.07) is 14.0. The van der Waals surface area contributed by atoms with Gasteiger partial charge in [0.05, 0.1) is 15.1 Å². The third kappa shape index (κ3) is 3.66. The number of amides is 1. The largest absolute Gasteiger partial charge is 0.326 e. The van der Waals surface area contributed by atoms with Gasteiger partial charge in [-0.05, 0) is 36.8 Å². The van der Waals surface area contributed by atoms with Gasteiger partial charge in [-0.3, -0.25) is 9.52 Å². The maximum Gasteiger partial charge on any atom is 0.263 e. The molecule has 0 spiro atoms. The normalized spacial score (nSPS) is 11.7. The second-order valence-electron chi connectivity index (χ2n) is 6.48. The molecule has 0 unspecified atom stereocenters. The molecular formula is C20H16ClN3O3S2. The first-order valence-electron chi connectivity index (χ1n) is 8.64. The molecule has 4 rings (SSSR count). The Balaban J connectivity index is 1.79. The zero-order valence-corrected chi connectivity index (χ0v) is 17.9. The van der Waals surface area contributed by atoms with Crippen LogP contribution in [0, 0.1) is 6.92 Å². The van der Waals surface area contributed by atoms with Crippen LogP contribution < -0.4 is 10.0 Å². The lowest BCUT2D eigenvalue weighted by molar-refractivity contribution is -0.114. The maximum atomic E-state index is 12.8. The molecular weight excluding hydrogens is 430 g/mol. The minimum Gasteiger partial charge on any atom is -0.326 e. The third-order valence-corrected chi connectivity index (χ3v) is 7.41. The van der Waals surface area contributed by atoms with Gasteiger partial charge >= 0.3 is 0 Å². The Morgan fingerprint density at radius 2 is 1.83 bits per heavy atom. The van der Waals surface area contributed by atoms with Crippen LogP contribution in [-0.4, -0.2) is 19.3 Å². The number of aromatic nitrogens is 1. The minimum absolute atomic E-state index is 0.113. The van der Waals surface area contributed by atoms with Crippen LogP contribution in [0.5, 0.6) is 0 Å². The van der Waals surface area contributed by atoms with Crippen molar-refractivity contribution in [1.82, 2.24) is 4.98 Å². The summed E-state index contributed by atoms with van der Waals surface area (Å²) in [5.41, 5.74) is 1.83. The molecule has 0 aliphatic carbocycles. The molecule has 0 saturated carbocycles. The summed E-state index contributed by atoms with van der Waals surface area (Å²) in [6.07, 6.45) is 0. The first-order valence-corrected chi connectivity index (χ1v) is 11.3. The van der Waals surface area contributed by atoms with Crippen LogP contribution in [0.25, 0.3) is 21.0 Å². The zero-order chi connectivity index (χ0) is 20.8. The number of nitrogens with one attached hydrogen (secondary N) is 2. The molecule has 0 aliphatic rings. The first-order chi connectivity index (χ1) is 13.8. The Morgan fingerprint density at radius 3 is 2.59 bits per heavy atom. The summed E-state index contributed by atoms with van der Waals surface area (Å²) in [6.45, 7) is 3.11. The smallest absolute Gasteiger partial charge is 0.263 e. The van der Waals surface area contributed by atoms with Crippen LogP contribution in [0.4, 0.5) is 10.8 Å². The molecule has 4 aromatic rings. The van der Waals surface area contributed by atoms with Crippen molar-refractivity contribution in [2.45, 2.75) is 18.7 Å². The van der Waals surface area contributed by atoms with E-state index in [4.69, 9.17) is 11.6 Å². The number of halogens is 1. The van der Waals surface area contributed by atoms with Crippen LogP contribution in [0.1, 0.15) is 12.5 Å². The summed E-state index contributed by atoms with van der Waals surface area (Å²) in [7, 11) is -3.84. The Labute approximate surface area is 176 Å². The van der Waals surface area contributed by atoms with Gasteiger partial charge in [0, 0.05) is 28.4 Å². The molecule has 29 heavy (non-hydrogen) atoms. The van der Waals surface area contributed by atoms with Gasteiger partial charge in [-0.15, -0.1) is 0 Å². The number of hydrogen-bond acceptors (Lipinski definition) is 5. The predicted octanol–water partition coefficient (Wildman–Crippen LogP) is 5.17. The molecule has 1 aromatic heterocycles. The molecule has 0 fully saturated rings. The lowest BCUT2D eigenvalue weighted by Crippen LogP contribution is -2.14. The van der Waals surface area contributed by atoms with Gasteiger partial charge in [-0.25, -0.2) is 13.4 Å². The van der Waals surface area contributed by atoms with Crippen molar-refractivity contribution in [1.29, 1.82) is 0 Å². The number of carbonyl (C=O) groups excluding carboxylic acids is 1. The van der Waals surface area contributed by atoms with Crippen LogP contribution in [0.15, 0.2) is 53.4 Å².